The average Bonchev–Trinajstić information content (AvgIpc) is 2.64. The highest BCUT2D eigenvalue weighted by Crippen LogP contribution is 2.36. The Morgan fingerprint density at radius 1 is 0.538 bits per heavy atom. The fraction of sp³-hybridized carbons (Fsp3) is 0.250. The van der Waals surface area contributed by atoms with Gasteiger partial charge in [0.05, 0.1) is 0 Å². The molecule has 136 valence electrons. The van der Waals surface area contributed by atoms with Crippen molar-refractivity contribution in [2.24, 2.45) is 5.41 Å². The lowest BCUT2D eigenvalue weighted by atomic mass is 9.70. The summed E-state index contributed by atoms with van der Waals surface area (Å²) in [4.78, 5) is 0. The van der Waals surface area contributed by atoms with E-state index in [1.807, 2.05) is 0 Å². The first-order chi connectivity index (χ1) is 12.3. The molecule has 0 radical (unpaired) electrons. The van der Waals surface area contributed by atoms with E-state index in [1.54, 1.807) is 0 Å². The second-order valence-corrected chi connectivity index (χ2v) is 7.60. The molecule has 0 N–H and O–H groups in total. The Hall–Kier alpha value is -1.43. The van der Waals surface area contributed by atoms with Crippen LogP contribution in [0.2, 0.25) is 0 Å². The van der Waals surface area contributed by atoms with Crippen molar-refractivity contribution < 1.29 is 0 Å². The first-order valence-electron chi connectivity index (χ1n) is 9.12. The summed E-state index contributed by atoms with van der Waals surface area (Å²) in [6.07, 6.45) is 5.69. The number of hydrogen-bond acceptors (Lipinski definition) is 0. The van der Waals surface area contributed by atoms with Crippen LogP contribution in [0.5, 0.6) is 0 Å². The Balaban J connectivity index is 0.00000243. The molecule has 3 rings (SSSR count). The molecule has 0 aliphatic rings. The Kier molecular flexibility index (Phi) is 8.55. The predicted molar refractivity (Wildman–Crippen MR) is 122 cm³/mol. The zero-order chi connectivity index (χ0) is 17.4. The van der Waals surface area contributed by atoms with Crippen molar-refractivity contribution >= 4 is 26.2 Å². The fourth-order valence-corrected chi connectivity index (χ4v) is 4.46. The summed E-state index contributed by atoms with van der Waals surface area (Å²) in [5.41, 5.74) is 4.56. The lowest BCUT2D eigenvalue weighted by Crippen LogP contribution is -2.30. The van der Waals surface area contributed by atoms with Crippen molar-refractivity contribution in [3.8, 4) is 0 Å². The molecule has 0 nitrogen and oxygen atoms in total. The van der Waals surface area contributed by atoms with E-state index < -0.39 is 0 Å². The zero-order valence-corrected chi connectivity index (χ0v) is 18.0. The molecule has 0 spiro atoms. The van der Waals surface area contributed by atoms with Gasteiger partial charge in [-0.15, -0.1) is 26.2 Å². The molecule has 26 heavy (non-hydrogen) atoms. The molecule has 1 unspecified atom stereocenters. The number of halogens is 1. The van der Waals surface area contributed by atoms with Gasteiger partial charge in [-0.05, 0) is 54.0 Å². The molecule has 2 heteroatoms. The molecule has 0 aromatic heterocycles. The van der Waals surface area contributed by atoms with E-state index in [9.17, 15) is 0 Å². The molecule has 1 atom stereocenters. The van der Waals surface area contributed by atoms with Crippen LogP contribution in [0, 0.1) is 5.41 Å². The molecule has 3 aromatic rings. The van der Waals surface area contributed by atoms with Crippen LogP contribution < -0.4 is 0 Å². The van der Waals surface area contributed by atoms with Gasteiger partial charge in [0.2, 0.25) is 0 Å². The fourth-order valence-electron chi connectivity index (χ4n) is 3.85. The Morgan fingerprint density at radius 3 is 1.12 bits per heavy atom. The van der Waals surface area contributed by atoms with Crippen molar-refractivity contribution in [1.29, 1.82) is 0 Å². The molecular weight excluding hydrogens is 399 g/mol. The third-order valence-electron chi connectivity index (χ3n) is 4.94. The Labute approximate surface area is 171 Å². The number of hydrogen-bond donors (Lipinski definition) is 0. The first kappa shape index (κ1) is 20.9. The molecule has 0 saturated carbocycles. The second-order valence-electron chi connectivity index (χ2n) is 7.03. The molecule has 0 aliphatic carbocycles. The minimum atomic E-state index is 0. The molecule has 3 aromatic carbocycles. The van der Waals surface area contributed by atoms with Gasteiger partial charge in [-0.1, -0.05) is 91.0 Å². The minimum absolute atomic E-state index is 0. The van der Waals surface area contributed by atoms with Gasteiger partial charge >= 0.3 is 0 Å². The Bertz CT molecular complexity index is 640. The van der Waals surface area contributed by atoms with E-state index in [0.717, 1.165) is 25.4 Å². The number of rotatable bonds is 8. The van der Waals surface area contributed by atoms with Gasteiger partial charge in [0.25, 0.3) is 0 Å². The van der Waals surface area contributed by atoms with E-state index in [2.05, 4.69) is 100 Å². The maximum atomic E-state index is 2.94. The quantitative estimate of drug-likeness (QED) is 0.358. The van der Waals surface area contributed by atoms with Crippen molar-refractivity contribution in [3.05, 3.63) is 108 Å². The van der Waals surface area contributed by atoms with E-state index >= 15 is 0 Å². The molecule has 0 amide bonds. The largest absolute Gasteiger partial charge is 0.138 e. The molecule has 0 saturated heterocycles. The van der Waals surface area contributed by atoms with Crippen molar-refractivity contribution in [1.82, 2.24) is 0 Å². The SMILES string of the molecule is Br.PCCC(Cc1ccccc1)(Cc1ccccc1)Cc1ccccc1. The van der Waals surface area contributed by atoms with Crippen LogP contribution in [0.25, 0.3) is 0 Å². The van der Waals surface area contributed by atoms with Gasteiger partial charge in [-0.2, -0.15) is 0 Å². The standard InChI is InChI=1S/C24H27P.BrH/c25-17-16-24(18-21-10-4-1-5-11-21,19-22-12-6-2-7-13-22)20-23-14-8-3-9-15-23;/h1-15H,16-20,25H2;1H. The minimum Gasteiger partial charge on any atom is -0.138 e. The predicted octanol–water partition coefficient (Wildman–Crippen LogP) is 6.54. The average molecular weight is 427 g/mol. The first-order valence-corrected chi connectivity index (χ1v) is 9.93. The van der Waals surface area contributed by atoms with Crippen LogP contribution in [-0.4, -0.2) is 6.16 Å². The van der Waals surface area contributed by atoms with Gasteiger partial charge in [0.15, 0.2) is 0 Å². The van der Waals surface area contributed by atoms with Crippen molar-refractivity contribution in [2.75, 3.05) is 6.16 Å². The normalized spacial score (nSPS) is 11.0. The lowest BCUT2D eigenvalue weighted by Gasteiger charge is -2.35. The molecule has 0 fully saturated rings. The third kappa shape index (κ3) is 6.08. The van der Waals surface area contributed by atoms with Gasteiger partial charge < -0.3 is 0 Å². The topological polar surface area (TPSA) is 0 Å². The van der Waals surface area contributed by atoms with Gasteiger partial charge in [-0.25, -0.2) is 0 Å². The highest BCUT2D eigenvalue weighted by molar-refractivity contribution is 8.93. The van der Waals surface area contributed by atoms with Crippen LogP contribution in [0.15, 0.2) is 91.0 Å². The van der Waals surface area contributed by atoms with Crippen LogP contribution in [0.3, 0.4) is 0 Å². The summed E-state index contributed by atoms with van der Waals surface area (Å²) >= 11 is 0. The van der Waals surface area contributed by atoms with E-state index in [4.69, 9.17) is 0 Å². The van der Waals surface area contributed by atoms with Crippen molar-refractivity contribution in [3.63, 3.8) is 0 Å². The van der Waals surface area contributed by atoms with E-state index in [-0.39, 0.29) is 22.4 Å². The van der Waals surface area contributed by atoms with Gasteiger partial charge in [0, 0.05) is 0 Å². The molecule has 0 bridgehead atoms. The maximum absolute atomic E-state index is 2.94. The van der Waals surface area contributed by atoms with Crippen LogP contribution in [0.1, 0.15) is 23.1 Å². The summed E-state index contributed by atoms with van der Waals surface area (Å²) in [6.45, 7) is 0. The van der Waals surface area contributed by atoms with Crippen LogP contribution in [0.4, 0.5) is 0 Å². The van der Waals surface area contributed by atoms with Crippen LogP contribution in [-0.2, 0) is 19.3 Å². The molecule has 0 heterocycles. The third-order valence-corrected chi connectivity index (χ3v) is 5.23. The highest BCUT2D eigenvalue weighted by Gasteiger charge is 2.30. The number of benzene rings is 3. The van der Waals surface area contributed by atoms with Crippen LogP contribution >= 0.6 is 26.2 Å². The van der Waals surface area contributed by atoms with Gasteiger partial charge in [0.1, 0.15) is 0 Å². The monoisotopic (exact) mass is 426 g/mol. The molecular formula is C24H28BrP. The second kappa shape index (κ2) is 10.7. The smallest absolute Gasteiger partial charge is 0.0173 e. The zero-order valence-electron chi connectivity index (χ0n) is 15.2. The summed E-state index contributed by atoms with van der Waals surface area (Å²) in [7, 11) is 2.94. The highest BCUT2D eigenvalue weighted by atomic mass is 79.9. The summed E-state index contributed by atoms with van der Waals surface area (Å²) in [6, 6.07) is 32.9. The van der Waals surface area contributed by atoms with E-state index in [0.29, 0.717) is 0 Å². The summed E-state index contributed by atoms with van der Waals surface area (Å²) in [5.74, 6) is 0. The summed E-state index contributed by atoms with van der Waals surface area (Å²) < 4.78 is 0. The summed E-state index contributed by atoms with van der Waals surface area (Å²) in [5, 5.41) is 0. The van der Waals surface area contributed by atoms with Gasteiger partial charge in [-0.3, -0.25) is 0 Å². The van der Waals surface area contributed by atoms with E-state index in [1.165, 1.54) is 23.1 Å². The lowest BCUT2D eigenvalue weighted by molar-refractivity contribution is 0.268. The molecule has 0 aliphatic heterocycles. The maximum Gasteiger partial charge on any atom is -0.0173 e. The van der Waals surface area contributed by atoms with Crippen molar-refractivity contribution in [2.45, 2.75) is 25.7 Å². The Morgan fingerprint density at radius 2 is 0.846 bits per heavy atom.